The van der Waals surface area contributed by atoms with Crippen LogP contribution in [0.15, 0.2) is 18.2 Å². The van der Waals surface area contributed by atoms with E-state index in [1.807, 2.05) is 20.9 Å². The fourth-order valence-electron chi connectivity index (χ4n) is 1.46. The zero-order valence-electron chi connectivity index (χ0n) is 9.76. The molecule has 0 amide bonds. The number of nitrogens with one attached hydrogen (secondary N) is 1. The van der Waals surface area contributed by atoms with Crippen molar-refractivity contribution in [3.05, 3.63) is 29.8 Å². The molecule has 0 aliphatic carbocycles. The van der Waals surface area contributed by atoms with Crippen LogP contribution < -0.4 is 10.1 Å². The second kappa shape index (κ2) is 5.80. The van der Waals surface area contributed by atoms with Crippen molar-refractivity contribution in [3.8, 4) is 5.75 Å². The van der Waals surface area contributed by atoms with E-state index in [1.54, 1.807) is 0 Å². The monoisotopic (exact) mass is 229 g/mol. The molecule has 0 fully saturated rings. The van der Waals surface area contributed by atoms with Crippen molar-refractivity contribution in [3.63, 3.8) is 0 Å². The smallest absolute Gasteiger partial charge is 0.200 e. The Balaban J connectivity index is 2.62. The van der Waals surface area contributed by atoms with Crippen molar-refractivity contribution < 1.29 is 13.5 Å². The Morgan fingerprint density at radius 3 is 2.62 bits per heavy atom. The van der Waals surface area contributed by atoms with Crippen LogP contribution in [-0.2, 0) is 0 Å². The molecule has 90 valence electrons. The average Bonchev–Trinajstić information content (AvgIpc) is 2.24. The van der Waals surface area contributed by atoms with Crippen LogP contribution in [0, 0.1) is 11.6 Å². The minimum atomic E-state index is -0.925. The molecular formula is C12H17F2NO. The van der Waals surface area contributed by atoms with Crippen LogP contribution in [0.4, 0.5) is 8.78 Å². The number of rotatable bonds is 5. The number of benzene rings is 1. The van der Waals surface area contributed by atoms with E-state index >= 15 is 0 Å². The maximum Gasteiger partial charge on any atom is 0.200 e. The third kappa shape index (κ3) is 3.45. The van der Waals surface area contributed by atoms with Crippen molar-refractivity contribution >= 4 is 0 Å². The molecule has 1 aromatic rings. The summed E-state index contributed by atoms with van der Waals surface area (Å²) in [5.74, 6) is -1.84. The zero-order valence-corrected chi connectivity index (χ0v) is 9.76. The first-order valence-electron chi connectivity index (χ1n) is 5.32. The number of hydrogen-bond acceptors (Lipinski definition) is 2. The molecule has 0 aliphatic heterocycles. The molecule has 1 aromatic carbocycles. The Hall–Kier alpha value is -1.16. The molecule has 2 atom stereocenters. The van der Waals surface area contributed by atoms with E-state index in [4.69, 9.17) is 4.74 Å². The molecular weight excluding hydrogens is 212 g/mol. The quantitative estimate of drug-likeness (QED) is 0.838. The molecule has 0 spiro atoms. The lowest BCUT2D eigenvalue weighted by Gasteiger charge is -2.18. The molecule has 1 rings (SSSR count). The predicted molar refractivity (Wildman–Crippen MR) is 59.6 cm³/mol. The van der Waals surface area contributed by atoms with Crippen LogP contribution in [0.3, 0.4) is 0 Å². The van der Waals surface area contributed by atoms with Gasteiger partial charge in [-0.3, -0.25) is 0 Å². The first kappa shape index (κ1) is 12.9. The highest BCUT2D eigenvalue weighted by atomic mass is 19.2. The highest BCUT2D eigenvalue weighted by Gasteiger charge is 2.13. The van der Waals surface area contributed by atoms with Crippen molar-refractivity contribution in [2.75, 3.05) is 7.05 Å². The van der Waals surface area contributed by atoms with Crippen LogP contribution in [0.1, 0.15) is 20.3 Å². The molecule has 4 heteroatoms. The molecule has 16 heavy (non-hydrogen) atoms. The summed E-state index contributed by atoms with van der Waals surface area (Å²) >= 11 is 0. The highest BCUT2D eigenvalue weighted by molar-refractivity contribution is 5.25. The number of hydrogen-bond donors (Lipinski definition) is 1. The Morgan fingerprint density at radius 2 is 2.00 bits per heavy atom. The van der Waals surface area contributed by atoms with E-state index in [2.05, 4.69) is 5.32 Å². The van der Waals surface area contributed by atoms with Gasteiger partial charge >= 0.3 is 0 Å². The van der Waals surface area contributed by atoms with E-state index in [0.29, 0.717) is 0 Å². The second-order valence-corrected chi connectivity index (χ2v) is 3.91. The lowest BCUT2D eigenvalue weighted by atomic mass is 10.1. The molecule has 0 bridgehead atoms. The second-order valence-electron chi connectivity index (χ2n) is 3.91. The third-order valence-corrected chi connectivity index (χ3v) is 2.42. The van der Waals surface area contributed by atoms with Crippen molar-refractivity contribution in [1.29, 1.82) is 0 Å². The summed E-state index contributed by atoms with van der Waals surface area (Å²) < 4.78 is 31.5. The largest absolute Gasteiger partial charge is 0.487 e. The summed E-state index contributed by atoms with van der Waals surface area (Å²) in [5, 5.41) is 3.06. The Bertz CT molecular complexity index is 344. The van der Waals surface area contributed by atoms with Crippen LogP contribution >= 0.6 is 0 Å². The summed E-state index contributed by atoms with van der Waals surface area (Å²) in [5.41, 5.74) is 0. The van der Waals surface area contributed by atoms with E-state index in [9.17, 15) is 8.78 Å². The van der Waals surface area contributed by atoms with Gasteiger partial charge in [0.1, 0.15) is 0 Å². The van der Waals surface area contributed by atoms with Gasteiger partial charge in [-0.2, -0.15) is 4.39 Å². The fraction of sp³-hybridized carbons (Fsp3) is 0.500. The van der Waals surface area contributed by atoms with Gasteiger partial charge in [0.05, 0.1) is 6.10 Å². The summed E-state index contributed by atoms with van der Waals surface area (Å²) in [6.45, 7) is 3.83. The molecule has 0 saturated heterocycles. The maximum atomic E-state index is 13.3. The molecule has 2 unspecified atom stereocenters. The number of ether oxygens (including phenoxy) is 1. The SMILES string of the molecule is CNC(C)CC(C)Oc1cccc(F)c1F. The van der Waals surface area contributed by atoms with Crippen LogP contribution in [0.2, 0.25) is 0 Å². The van der Waals surface area contributed by atoms with Gasteiger partial charge < -0.3 is 10.1 Å². The first-order chi connectivity index (χ1) is 7.54. The molecule has 1 N–H and O–H groups in total. The summed E-state index contributed by atoms with van der Waals surface area (Å²) in [6.07, 6.45) is 0.561. The van der Waals surface area contributed by atoms with Gasteiger partial charge in [-0.1, -0.05) is 6.07 Å². The maximum absolute atomic E-state index is 13.3. The van der Waals surface area contributed by atoms with E-state index < -0.39 is 11.6 Å². The fourth-order valence-corrected chi connectivity index (χ4v) is 1.46. The van der Waals surface area contributed by atoms with Crippen molar-refractivity contribution in [1.82, 2.24) is 5.32 Å². The molecule has 0 aromatic heterocycles. The lowest BCUT2D eigenvalue weighted by molar-refractivity contribution is 0.187. The Kier molecular flexibility index (Phi) is 4.68. The molecule has 0 aliphatic rings. The van der Waals surface area contributed by atoms with Gasteiger partial charge in [-0.25, -0.2) is 4.39 Å². The summed E-state index contributed by atoms with van der Waals surface area (Å²) in [6, 6.07) is 4.20. The summed E-state index contributed by atoms with van der Waals surface area (Å²) in [4.78, 5) is 0. The van der Waals surface area contributed by atoms with Crippen LogP contribution in [-0.4, -0.2) is 19.2 Å². The van der Waals surface area contributed by atoms with Gasteiger partial charge in [-0.15, -0.1) is 0 Å². The third-order valence-electron chi connectivity index (χ3n) is 2.42. The Labute approximate surface area is 94.6 Å². The highest BCUT2D eigenvalue weighted by Crippen LogP contribution is 2.21. The number of halogens is 2. The van der Waals surface area contributed by atoms with Crippen molar-refractivity contribution in [2.45, 2.75) is 32.4 Å². The van der Waals surface area contributed by atoms with Crippen LogP contribution in [0.25, 0.3) is 0 Å². The lowest BCUT2D eigenvalue weighted by Crippen LogP contribution is -2.28. The standard InChI is InChI=1S/C12H17F2NO/c1-8(15-3)7-9(2)16-11-6-4-5-10(13)12(11)14/h4-6,8-9,15H,7H2,1-3H3. The minimum Gasteiger partial charge on any atom is -0.487 e. The predicted octanol–water partition coefficient (Wildman–Crippen LogP) is 2.73. The summed E-state index contributed by atoms with van der Waals surface area (Å²) in [7, 11) is 1.85. The minimum absolute atomic E-state index is 0.0317. The van der Waals surface area contributed by atoms with Gasteiger partial charge in [0.15, 0.2) is 11.6 Å². The zero-order chi connectivity index (χ0) is 12.1. The van der Waals surface area contributed by atoms with Gasteiger partial charge in [0.2, 0.25) is 5.82 Å². The van der Waals surface area contributed by atoms with E-state index in [0.717, 1.165) is 12.5 Å². The van der Waals surface area contributed by atoms with Gasteiger partial charge in [-0.05, 0) is 39.4 Å². The topological polar surface area (TPSA) is 21.3 Å². The molecule has 2 nitrogen and oxygen atoms in total. The first-order valence-corrected chi connectivity index (χ1v) is 5.32. The molecule has 0 radical (unpaired) electrons. The Morgan fingerprint density at radius 1 is 1.31 bits per heavy atom. The van der Waals surface area contributed by atoms with Gasteiger partial charge in [0.25, 0.3) is 0 Å². The van der Waals surface area contributed by atoms with Gasteiger partial charge in [0, 0.05) is 6.04 Å². The van der Waals surface area contributed by atoms with E-state index in [1.165, 1.54) is 12.1 Å². The van der Waals surface area contributed by atoms with Crippen molar-refractivity contribution in [2.24, 2.45) is 0 Å². The molecule has 0 saturated carbocycles. The van der Waals surface area contributed by atoms with E-state index in [-0.39, 0.29) is 17.9 Å². The van der Waals surface area contributed by atoms with Crippen LogP contribution in [0.5, 0.6) is 5.75 Å². The normalized spacial score (nSPS) is 14.6. The average molecular weight is 229 g/mol. The molecule has 0 heterocycles.